The average molecular weight is 382 g/mol. The van der Waals surface area contributed by atoms with E-state index in [0.717, 1.165) is 16.9 Å². The molecule has 1 N–H and O–H groups in total. The summed E-state index contributed by atoms with van der Waals surface area (Å²) < 4.78 is 16.3. The number of carbonyl (C=O) groups excluding carboxylic acids is 2. The molecule has 1 aromatic heterocycles. The average Bonchev–Trinajstić information content (AvgIpc) is 3.23. The predicted molar refractivity (Wildman–Crippen MR) is 92.7 cm³/mol. The van der Waals surface area contributed by atoms with Gasteiger partial charge < -0.3 is 19.5 Å². The van der Waals surface area contributed by atoms with Crippen LogP contribution in [-0.4, -0.2) is 31.0 Å². The van der Waals surface area contributed by atoms with Gasteiger partial charge >= 0.3 is 6.16 Å². The zero-order valence-corrected chi connectivity index (χ0v) is 14.8. The molecule has 1 unspecified atom stereocenters. The molecule has 2 heterocycles. The lowest BCUT2D eigenvalue weighted by Crippen LogP contribution is -2.52. The summed E-state index contributed by atoms with van der Waals surface area (Å²) >= 11 is 6.99. The number of hydrogen-bond donors (Lipinski definition) is 1. The van der Waals surface area contributed by atoms with Gasteiger partial charge in [0, 0.05) is 6.42 Å². The van der Waals surface area contributed by atoms with Crippen LogP contribution in [0.5, 0.6) is 0 Å². The first-order valence-electron chi connectivity index (χ1n) is 7.62. The van der Waals surface area contributed by atoms with Gasteiger partial charge in [-0.05, 0) is 17.7 Å². The van der Waals surface area contributed by atoms with E-state index >= 15 is 0 Å². The quantitative estimate of drug-likeness (QED) is 0.632. The number of ether oxygens (including phenoxy) is 3. The number of carbonyl (C=O) groups is 2. The molecule has 1 saturated heterocycles. The molecule has 8 heteroatoms. The molecule has 132 valence electrons. The van der Waals surface area contributed by atoms with E-state index in [1.807, 2.05) is 30.3 Å². The van der Waals surface area contributed by atoms with Crippen molar-refractivity contribution in [3.8, 4) is 0 Å². The maximum Gasteiger partial charge on any atom is 0.510 e. The molecule has 1 aliphatic heterocycles. The van der Waals surface area contributed by atoms with E-state index in [0.29, 0.717) is 22.2 Å². The van der Waals surface area contributed by atoms with Crippen molar-refractivity contribution in [3.05, 3.63) is 57.2 Å². The fraction of sp³-hybridized carbons (Fsp3) is 0.294. The van der Waals surface area contributed by atoms with Crippen LogP contribution in [0.4, 0.5) is 4.79 Å². The zero-order valence-electron chi connectivity index (χ0n) is 13.2. The summed E-state index contributed by atoms with van der Waals surface area (Å²) in [5, 5.41) is 2.72. The Balaban J connectivity index is 1.60. The number of halogens is 1. The van der Waals surface area contributed by atoms with Gasteiger partial charge in [0.05, 0.1) is 15.8 Å². The molecule has 1 atom stereocenters. The number of thiophene rings is 1. The molecule has 0 aliphatic carbocycles. The molecule has 0 radical (unpaired) electrons. The van der Waals surface area contributed by atoms with Gasteiger partial charge in [0.2, 0.25) is 5.72 Å². The number of amides is 1. The molecule has 1 amide bonds. The first-order chi connectivity index (χ1) is 12.1. The van der Waals surface area contributed by atoms with Crippen LogP contribution in [0.3, 0.4) is 0 Å². The Bertz CT molecular complexity index is 743. The minimum Gasteiger partial charge on any atom is -0.429 e. The molecule has 6 nitrogen and oxygen atoms in total. The van der Waals surface area contributed by atoms with Crippen molar-refractivity contribution in [1.29, 1.82) is 0 Å². The third kappa shape index (κ3) is 4.72. The van der Waals surface area contributed by atoms with Crippen molar-refractivity contribution in [1.82, 2.24) is 5.32 Å². The highest BCUT2D eigenvalue weighted by atomic mass is 35.5. The highest BCUT2D eigenvalue weighted by molar-refractivity contribution is 7.18. The van der Waals surface area contributed by atoms with Gasteiger partial charge in [-0.15, -0.1) is 11.3 Å². The summed E-state index contributed by atoms with van der Waals surface area (Å²) in [6.07, 6.45) is -0.517. The summed E-state index contributed by atoms with van der Waals surface area (Å²) in [5.41, 5.74) is -0.394. The van der Waals surface area contributed by atoms with Gasteiger partial charge in [-0.3, -0.25) is 4.79 Å². The van der Waals surface area contributed by atoms with Crippen molar-refractivity contribution >= 4 is 35.0 Å². The largest absolute Gasteiger partial charge is 0.510 e. The summed E-state index contributed by atoms with van der Waals surface area (Å²) in [6.45, 7) is 0.529. The van der Waals surface area contributed by atoms with Crippen LogP contribution >= 0.6 is 22.9 Å². The number of benzene rings is 1. The van der Waals surface area contributed by atoms with E-state index in [1.165, 1.54) is 0 Å². The van der Waals surface area contributed by atoms with Crippen LogP contribution in [0.2, 0.25) is 4.34 Å². The number of nitrogens with one attached hydrogen (secondary N) is 1. The Morgan fingerprint density at radius 1 is 1.24 bits per heavy atom. The second-order valence-electron chi connectivity index (χ2n) is 5.48. The molecule has 0 bridgehead atoms. The maximum atomic E-state index is 12.3. The third-order valence-corrected chi connectivity index (χ3v) is 4.83. The standard InChI is InChI=1S/C17H16ClNO5S/c18-14-7-6-13(25-14)15(20)19-17(8-9-22-11-17)24-16(21)23-10-12-4-2-1-3-5-12/h1-7H,8-11H2,(H,19,20). The third-order valence-electron chi connectivity index (χ3n) is 3.60. The molecular weight excluding hydrogens is 366 g/mol. The van der Waals surface area contributed by atoms with E-state index in [4.69, 9.17) is 25.8 Å². The van der Waals surface area contributed by atoms with E-state index in [-0.39, 0.29) is 19.1 Å². The van der Waals surface area contributed by atoms with Crippen LogP contribution in [0.15, 0.2) is 42.5 Å². The molecule has 1 aromatic carbocycles. The lowest BCUT2D eigenvalue weighted by atomic mass is 10.2. The number of rotatable bonds is 5. The van der Waals surface area contributed by atoms with Crippen LogP contribution in [-0.2, 0) is 20.8 Å². The Morgan fingerprint density at radius 3 is 2.68 bits per heavy atom. The summed E-state index contributed by atoms with van der Waals surface area (Å²) in [6, 6.07) is 12.5. The van der Waals surface area contributed by atoms with Crippen molar-refractivity contribution in [2.45, 2.75) is 18.8 Å². The smallest absolute Gasteiger partial charge is 0.429 e. The summed E-state index contributed by atoms with van der Waals surface area (Å²) in [7, 11) is 0. The minimum absolute atomic E-state index is 0.0677. The predicted octanol–water partition coefficient (Wildman–Crippen LogP) is 3.60. The highest BCUT2D eigenvalue weighted by Gasteiger charge is 2.41. The van der Waals surface area contributed by atoms with Gasteiger partial charge in [-0.25, -0.2) is 4.79 Å². The first kappa shape index (κ1) is 17.7. The van der Waals surface area contributed by atoms with Crippen molar-refractivity contribution in [2.24, 2.45) is 0 Å². The SMILES string of the molecule is O=C(OCc1ccccc1)OC1(NC(=O)c2ccc(Cl)s2)CCOC1. The molecule has 0 spiro atoms. The molecule has 1 fully saturated rings. The molecule has 2 aromatic rings. The van der Waals surface area contributed by atoms with Crippen LogP contribution in [0, 0.1) is 0 Å². The fourth-order valence-corrected chi connectivity index (χ4v) is 3.30. The summed E-state index contributed by atoms with van der Waals surface area (Å²) in [5.74, 6) is -0.377. The lowest BCUT2D eigenvalue weighted by Gasteiger charge is -2.27. The Morgan fingerprint density at radius 2 is 2.04 bits per heavy atom. The molecule has 3 rings (SSSR count). The van der Waals surface area contributed by atoms with Crippen LogP contribution in [0.1, 0.15) is 21.7 Å². The second kappa shape index (κ2) is 7.86. The van der Waals surface area contributed by atoms with E-state index in [2.05, 4.69) is 5.32 Å². The van der Waals surface area contributed by atoms with E-state index in [1.54, 1.807) is 12.1 Å². The second-order valence-corrected chi connectivity index (χ2v) is 7.20. The monoisotopic (exact) mass is 381 g/mol. The van der Waals surface area contributed by atoms with Gasteiger partial charge in [0.1, 0.15) is 13.2 Å². The summed E-state index contributed by atoms with van der Waals surface area (Å²) in [4.78, 5) is 24.8. The van der Waals surface area contributed by atoms with Crippen molar-refractivity contribution < 1.29 is 23.8 Å². The van der Waals surface area contributed by atoms with Gasteiger partial charge in [-0.2, -0.15) is 0 Å². The van der Waals surface area contributed by atoms with Gasteiger partial charge in [-0.1, -0.05) is 41.9 Å². The molecular formula is C17H16ClNO5S. The van der Waals surface area contributed by atoms with Gasteiger partial charge in [0.25, 0.3) is 5.91 Å². The van der Waals surface area contributed by atoms with Crippen LogP contribution < -0.4 is 5.32 Å². The Kier molecular flexibility index (Phi) is 5.57. The Labute approximate surface area is 153 Å². The lowest BCUT2D eigenvalue weighted by molar-refractivity contribution is -0.0550. The van der Waals surface area contributed by atoms with Crippen LogP contribution in [0.25, 0.3) is 0 Å². The highest BCUT2D eigenvalue weighted by Crippen LogP contribution is 2.25. The number of hydrogen-bond acceptors (Lipinski definition) is 6. The van der Waals surface area contributed by atoms with E-state index < -0.39 is 11.9 Å². The topological polar surface area (TPSA) is 73.9 Å². The fourth-order valence-electron chi connectivity index (χ4n) is 2.36. The first-order valence-corrected chi connectivity index (χ1v) is 8.81. The van der Waals surface area contributed by atoms with Gasteiger partial charge in [0.15, 0.2) is 0 Å². The molecule has 25 heavy (non-hydrogen) atoms. The minimum atomic E-state index is -1.23. The van der Waals surface area contributed by atoms with E-state index in [9.17, 15) is 9.59 Å². The maximum absolute atomic E-state index is 12.3. The molecule has 1 aliphatic rings. The van der Waals surface area contributed by atoms with Crippen molar-refractivity contribution in [3.63, 3.8) is 0 Å². The Hall–Kier alpha value is -2.09. The van der Waals surface area contributed by atoms with Crippen molar-refractivity contribution in [2.75, 3.05) is 13.2 Å². The zero-order chi connectivity index (χ0) is 17.7. The molecule has 0 saturated carbocycles. The normalized spacial score (nSPS) is 19.4.